The van der Waals surface area contributed by atoms with Crippen molar-refractivity contribution in [3.05, 3.63) is 48.0 Å². The summed E-state index contributed by atoms with van der Waals surface area (Å²) in [5.74, 6) is 1.28. The molecule has 0 bridgehead atoms. The fraction of sp³-hybridized carbons (Fsp3) is 0.381. The van der Waals surface area contributed by atoms with Gasteiger partial charge in [-0.2, -0.15) is 0 Å². The lowest BCUT2D eigenvalue weighted by atomic mass is 10.1. The van der Waals surface area contributed by atoms with Crippen molar-refractivity contribution >= 4 is 21.6 Å². The Morgan fingerprint density at radius 3 is 2.52 bits per heavy atom. The molecular weight excluding hydrogens is 392 g/mol. The molecule has 0 radical (unpaired) electrons. The maximum absolute atomic E-state index is 12.6. The number of ether oxygens (including phenoxy) is 2. The quantitative estimate of drug-likeness (QED) is 0.713. The molecule has 0 saturated carbocycles. The molecule has 3 rings (SSSR count). The molecule has 8 heteroatoms. The van der Waals surface area contributed by atoms with Crippen LogP contribution in [0.25, 0.3) is 0 Å². The lowest BCUT2D eigenvalue weighted by molar-refractivity contribution is -0.117. The molecule has 1 aliphatic heterocycles. The predicted octanol–water partition coefficient (Wildman–Crippen LogP) is 2.73. The summed E-state index contributed by atoms with van der Waals surface area (Å²) in [6, 6.07) is 12.1. The molecule has 0 aromatic heterocycles. The van der Waals surface area contributed by atoms with Gasteiger partial charge in [0.25, 0.3) is 0 Å². The van der Waals surface area contributed by atoms with Gasteiger partial charge >= 0.3 is 0 Å². The van der Waals surface area contributed by atoms with E-state index < -0.39 is 10.0 Å². The van der Waals surface area contributed by atoms with Crippen molar-refractivity contribution in [3.63, 3.8) is 0 Å². The molecule has 1 aliphatic rings. The van der Waals surface area contributed by atoms with E-state index in [1.165, 1.54) is 6.07 Å². The molecular formula is C21H26N2O5S. The number of carbonyl (C=O) groups excluding carboxylic acids is 1. The fourth-order valence-electron chi connectivity index (χ4n) is 3.39. The highest BCUT2D eigenvalue weighted by Gasteiger charge is 2.31. The summed E-state index contributed by atoms with van der Waals surface area (Å²) in [6.07, 6.45) is 0.303. The molecule has 0 spiro atoms. The second-order valence-electron chi connectivity index (χ2n) is 6.98. The highest BCUT2D eigenvalue weighted by Crippen LogP contribution is 2.27. The summed E-state index contributed by atoms with van der Waals surface area (Å²) in [6.45, 7) is 4.96. The number of amides is 1. The van der Waals surface area contributed by atoms with E-state index in [0.717, 1.165) is 17.0 Å². The maximum atomic E-state index is 12.6. The SMILES string of the molecule is CCOc1ccc(N2C[C@H](CNS(=O)(=O)c3ccc(OC)c(C)c3)CC2=O)cc1. The first-order chi connectivity index (χ1) is 13.8. The molecule has 1 atom stereocenters. The fourth-order valence-corrected chi connectivity index (χ4v) is 4.59. The number of hydrogen-bond acceptors (Lipinski definition) is 5. The standard InChI is InChI=1S/C21H26N2O5S/c1-4-28-18-7-5-17(6-8-18)23-14-16(12-21(23)24)13-22-29(25,26)19-9-10-20(27-3)15(2)11-19/h5-11,16,22H,4,12-14H2,1-3H3/t16-/m0/s1. The number of methoxy groups -OCH3 is 1. The number of hydrogen-bond donors (Lipinski definition) is 1. The third-order valence-corrected chi connectivity index (χ3v) is 6.32. The van der Waals surface area contributed by atoms with Crippen molar-refractivity contribution < 1.29 is 22.7 Å². The van der Waals surface area contributed by atoms with Gasteiger partial charge in [0.2, 0.25) is 15.9 Å². The average molecular weight is 419 g/mol. The summed E-state index contributed by atoms with van der Waals surface area (Å²) >= 11 is 0. The lowest BCUT2D eigenvalue weighted by Gasteiger charge is -2.17. The summed E-state index contributed by atoms with van der Waals surface area (Å²) in [4.78, 5) is 14.3. The highest BCUT2D eigenvalue weighted by molar-refractivity contribution is 7.89. The van der Waals surface area contributed by atoms with Gasteiger partial charge < -0.3 is 14.4 Å². The Kier molecular flexibility index (Phi) is 6.44. The van der Waals surface area contributed by atoms with Gasteiger partial charge in [-0.05, 0) is 67.8 Å². The Balaban J connectivity index is 1.63. The molecule has 7 nitrogen and oxygen atoms in total. The van der Waals surface area contributed by atoms with Crippen LogP contribution in [0.5, 0.6) is 11.5 Å². The predicted molar refractivity (Wildman–Crippen MR) is 111 cm³/mol. The van der Waals surface area contributed by atoms with Crippen LogP contribution in [0.1, 0.15) is 18.9 Å². The van der Waals surface area contributed by atoms with Crippen LogP contribution in [-0.4, -0.2) is 41.1 Å². The number of nitrogens with one attached hydrogen (secondary N) is 1. The lowest BCUT2D eigenvalue weighted by Crippen LogP contribution is -2.31. The summed E-state index contributed by atoms with van der Waals surface area (Å²) in [5, 5.41) is 0. The number of anilines is 1. The molecule has 0 aliphatic carbocycles. The molecule has 1 saturated heterocycles. The van der Waals surface area contributed by atoms with Crippen molar-refractivity contribution in [2.45, 2.75) is 25.2 Å². The Labute approximate surface area is 171 Å². The minimum atomic E-state index is -3.66. The Morgan fingerprint density at radius 1 is 1.17 bits per heavy atom. The first kappa shape index (κ1) is 21.1. The normalized spacial score (nSPS) is 16.9. The summed E-state index contributed by atoms with van der Waals surface area (Å²) in [5.41, 5.74) is 1.53. The molecule has 2 aromatic carbocycles. The second kappa shape index (κ2) is 8.84. The van der Waals surface area contributed by atoms with Gasteiger partial charge in [-0.15, -0.1) is 0 Å². The largest absolute Gasteiger partial charge is 0.496 e. The number of nitrogens with zero attached hydrogens (tertiary/aromatic N) is 1. The zero-order chi connectivity index (χ0) is 21.0. The Hall–Kier alpha value is -2.58. The zero-order valence-corrected chi connectivity index (χ0v) is 17.7. The summed E-state index contributed by atoms with van der Waals surface area (Å²) < 4.78 is 38.4. The minimum absolute atomic E-state index is 0.0151. The van der Waals surface area contributed by atoms with Gasteiger partial charge in [0.15, 0.2) is 0 Å². The molecule has 0 unspecified atom stereocenters. The van der Waals surface area contributed by atoms with E-state index in [4.69, 9.17) is 9.47 Å². The average Bonchev–Trinajstić information content (AvgIpc) is 3.08. The van der Waals surface area contributed by atoms with Gasteiger partial charge in [0, 0.05) is 25.2 Å². The van der Waals surface area contributed by atoms with Crippen molar-refractivity contribution in [1.29, 1.82) is 0 Å². The van der Waals surface area contributed by atoms with Crippen LogP contribution in [0.3, 0.4) is 0 Å². The van der Waals surface area contributed by atoms with E-state index in [1.54, 1.807) is 31.1 Å². The van der Waals surface area contributed by atoms with Crippen LogP contribution in [0.4, 0.5) is 5.69 Å². The summed E-state index contributed by atoms with van der Waals surface area (Å²) in [7, 11) is -2.12. The smallest absolute Gasteiger partial charge is 0.240 e. The first-order valence-corrected chi connectivity index (χ1v) is 11.0. The maximum Gasteiger partial charge on any atom is 0.240 e. The minimum Gasteiger partial charge on any atom is -0.496 e. The van der Waals surface area contributed by atoms with Crippen molar-refractivity contribution in [3.8, 4) is 11.5 Å². The number of sulfonamides is 1. The van der Waals surface area contributed by atoms with E-state index in [0.29, 0.717) is 25.3 Å². The monoisotopic (exact) mass is 418 g/mol. The second-order valence-corrected chi connectivity index (χ2v) is 8.75. The van der Waals surface area contributed by atoms with E-state index in [2.05, 4.69) is 4.72 Å². The van der Waals surface area contributed by atoms with Crippen molar-refractivity contribution in [2.24, 2.45) is 5.92 Å². The van der Waals surface area contributed by atoms with Crippen LogP contribution in [-0.2, 0) is 14.8 Å². The van der Waals surface area contributed by atoms with Gasteiger partial charge in [0.05, 0.1) is 18.6 Å². The van der Waals surface area contributed by atoms with E-state index in [9.17, 15) is 13.2 Å². The topological polar surface area (TPSA) is 84.9 Å². The van der Waals surface area contributed by atoms with Gasteiger partial charge in [-0.1, -0.05) is 0 Å². The third-order valence-electron chi connectivity index (χ3n) is 4.90. The van der Waals surface area contributed by atoms with Gasteiger partial charge in [0.1, 0.15) is 11.5 Å². The molecule has 1 fully saturated rings. The molecule has 2 aromatic rings. The zero-order valence-electron chi connectivity index (χ0n) is 16.8. The number of rotatable bonds is 8. The molecule has 156 valence electrons. The first-order valence-electron chi connectivity index (χ1n) is 9.51. The van der Waals surface area contributed by atoms with Crippen LogP contribution in [0.15, 0.2) is 47.4 Å². The number of aryl methyl sites for hydroxylation is 1. The molecule has 1 N–H and O–H groups in total. The Morgan fingerprint density at radius 2 is 1.90 bits per heavy atom. The Bertz CT molecular complexity index is 973. The molecule has 1 amide bonds. The van der Waals surface area contributed by atoms with Crippen LogP contribution >= 0.6 is 0 Å². The van der Waals surface area contributed by atoms with Crippen LogP contribution < -0.4 is 19.1 Å². The van der Waals surface area contributed by atoms with Gasteiger partial charge in [-0.25, -0.2) is 13.1 Å². The van der Waals surface area contributed by atoms with Crippen molar-refractivity contribution in [2.75, 3.05) is 31.7 Å². The van der Waals surface area contributed by atoms with E-state index >= 15 is 0 Å². The number of benzene rings is 2. The number of carbonyl (C=O) groups is 1. The molecule has 29 heavy (non-hydrogen) atoms. The highest BCUT2D eigenvalue weighted by atomic mass is 32.2. The van der Waals surface area contributed by atoms with E-state index in [-0.39, 0.29) is 23.3 Å². The van der Waals surface area contributed by atoms with E-state index in [1.807, 2.05) is 31.2 Å². The third kappa shape index (κ3) is 4.89. The van der Waals surface area contributed by atoms with Crippen LogP contribution in [0.2, 0.25) is 0 Å². The van der Waals surface area contributed by atoms with Crippen LogP contribution in [0, 0.1) is 12.8 Å². The molecule has 1 heterocycles. The van der Waals surface area contributed by atoms with Gasteiger partial charge in [-0.3, -0.25) is 4.79 Å². The van der Waals surface area contributed by atoms with Crippen molar-refractivity contribution in [1.82, 2.24) is 4.72 Å².